The maximum absolute atomic E-state index is 11.7. The van der Waals surface area contributed by atoms with Crippen LogP contribution in [0.4, 0.5) is 10.8 Å². The van der Waals surface area contributed by atoms with Crippen molar-refractivity contribution in [2.45, 2.75) is 26.4 Å². The Morgan fingerprint density at radius 2 is 2.30 bits per heavy atom. The van der Waals surface area contributed by atoms with Gasteiger partial charge in [0.15, 0.2) is 0 Å². The SMILES string of the molecule is Cc1nc(NC(=O)NCC(C)(O)c2ccsc2)oc1C. The number of nitrogens with zero attached hydrogens (tertiary/aromatic N) is 1. The van der Waals surface area contributed by atoms with Crippen LogP contribution >= 0.6 is 11.3 Å². The van der Waals surface area contributed by atoms with Gasteiger partial charge in [0.1, 0.15) is 11.4 Å². The van der Waals surface area contributed by atoms with Crippen molar-refractivity contribution in [3.8, 4) is 0 Å². The van der Waals surface area contributed by atoms with Crippen molar-refractivity contribution in [2.24, 2.45) is 0 Å². The molecule has 0 aliphatic heterocycles. The lowest BCUT2D eigenvalue weighted by Crippen LogP contribution is -2.40. The molecule has 0 radical (unpaired) electrons. The van der Waals surface area contributed by atoms with Gasteiger partial charge in [-0.2, -0.15) is 16.3 Å². The summed E-state index contributed by atoms with van der Waals surface area (Å²) in [6, 6.07) is 1.50. The molecule has 1 atom stereocenters. The molecule has 0 saturated heterocycles. The van der Waals surface area contributed by atoms with E-state index in [-0.39, 0.29) is 12.6 Å². The lowest BCUT2D eigenvalue weighted by atomic mass is 9.99. The first-order valence-electron chi connectivity index (χ1n) is 6.12. The minimum Gasteiger partial charge on any atom is -0.428 e. The summed E-state index contributed by atoms with van der Waals surface area (Å²) in [7, 11) is 0. The topological polar surface area (TPSA) is 87.4 Å². The number of hydrogen-bond donors (Lipinski definition) is 3. The van der Waals surface area contributed by atoms with E-state index in [2.05, 4.69) is 15.6 Å². The Hall–Kier alpha value is -1.86. The number of rotatable bonds is 4. The van der Waals surface area contributed by atoms with Crippen molar-refractivity contribution in [1.29, 1.82) is 0 Å². The molecule has 20 heavy (non-hydrogen) atoms. The van der Waals surface area contributed by atoms with Gasteiger partial charge in [0.2, 0.25) is 0 Å². The number of anilines is 1. The number of aliphatic hydroxyl groups is 1. The van der Waals surface area contributed by atoms with Gasteiger partial charge in [-0.1, -0.05) is 0 Å². The van der Waals surface area contributed by atoms with Crippen LogP contribution in [0.1, 0.15) is 23.9 Å². The molecule has 2 aromatic heterocycles. The second kappa shape index (κ2) is 5.64. The fraction of sp³-hybridized carbons (Fsp3) is 0.385. The van der Waals surface area contributed by atoms with Crippen LogP contribution in [0.5, 0.6) is 0 Å². The molecule has 1 unspecified atom stereocenters. The minimum atomic E-state index is -1.11. The smallest absolute Gasteiger partial charge is 0.322 e. The normalized spacial score (nSPS) is 13.8. The molecular weight excluding hydrogens is 278 g/mol. The molecule has 2 amide bonds. The van der Waals surface area contributed by atoms with Crippen molar-refractivity contribution in [1.82, 2.24) is 10.3 Å². The van der Waals surface area contributed by atoms with E-state index in [4.69, 9.17) is 4.42 Å². The molecular formula is C13H17N3O3S. The molecule has 0 bridgehead atoms. The number of oxazole rings is 1. The van der Waals surface area contributed by atoms with Crippen LogP contribution in [-0.4, -0.2) is 22.7 Å². The standard InChI is InChI=1S/C13H17N3O3S/c1-8-9(2)19-12(15-8)16-11(17)14-7-13(3,18)10-4-5-20-6-10/h4-6,18H,7H2,1-3H3,(H2,14,15,16,17). The Bertz CT molecular complexity index is 571. The van der Waals surface area contributed by atoms with Crippen LogP contribution in [0.3, 0.4) is 0 Å². The third-order valence-corrected chi connectivity index (χ3v) is 3.67. The van der Waals surface area contributed by atoms with E-state index in [9.17, 15) is 9.90 Å². The summed E-state index contributed by atoms with van der Waals surface area (Å²) in [5.74, 6) is 0.658. The van der Waals surface area contributed by atoms with E-state index in [1.807, 2.05) is 16.8 Å². The summed E-state index contributed by atoms with van der Waals surface area (Å²) in [5.41, 5.74) is 0.385. The van der Waals surface area contributed by atoms with Crippen molar-refractivity contribution < 1.29 is 14.3 Å². The molecule has 2 aromatic rings. The summed E-state index contributed by atoms with van der Waals surface area (Å²) in [5, 5.41) is 19.1. The predicted molar refractivity (Wildman–Crippen MR) is 76.9 cm³/mol. The molecule has 3 N–H and O–H groups in total. The Morgan fingerprint density at radius 3 is 2.85 bits per heavy atom. The van der Waals surface area contributed by atoms with Crippen LogP contribution in [0.25, 0.3) is 0 Å². The van der Waals surface area contributed by atoms with Gasteiger partial charge in [-0.3, -0.25) is 5.32 Å². The van der Waals surface area contributed by atoms with Gasteiger partial charge >= 0.3 is 12.0 Å². The molecule has 108 valence electrons. The third kappa shape index (κ3) is 3.37. The van der Waals surface area contributed by atoms with E-state index in [0.29, 0.717) is 5.76 Å². The molecule has 0 spiro atoms. The number of carbonyl (C=O) groups excluding carboxylic acids is 1. The summed E-state index contributed by atoms with van der Waals surface area (Å²) < 4.78 is 5.25. The number of aromatic nitrogens is 1. The number of carbonyl (C=O) groups is 1. The van der Waals surface area contributed by atoms with Gasteiger partial charge in [-0.25, -0.2) is 4.79 Å². The summed E-state index contributed by atoms with van der Waals surface area (Å²) in [6.45, 7) is 5.30. The Labute approximate surface area is 120 Å². The average molecular weight is 295 g/mol. The van der Waals surface area contributed by atoms with Gasteiger partial charge in [-0.05, 0) is 43.2 Å². The van der Waals surface area contributed by atoms with Crippen LogP contribution in [0, 0.1) is 13.8 Å². The lowest BCUT2D eigenvalue weighted by Gasteiger charge is -2.22. The molecule has 0 fully saturated rings. The van der Waals surface area contributed by atoms with E-state index in [1.165, 1.54) is 11.3 Å². The highest BCUT2D eigenvalue weighted by Gasteiger charge is 2.24. The largest absolute Gasteiger partial charge is 0.428 e. The van der Waals surface area contributed by atoms with Crippen molar-refractivity contribution in [3.63, 3.8) is 0 Å². The predicted octanol–water partition coefficient (Wildman–Crippen LogP) is 2.38. The maximum atomic E-state index is 11.7. The van der Waals surface area contributed by atoms with Crippen LogP contribution in [0.15, 0.2) is 21.2 Å². The van der Waals surface area contributed by atoms with Crippen LogP contribution < -0.4 is 10.6 Å². The van der Waals surface area contributed by atoms with Gasteiger partial charge in [0, 0.05) is 0 Å². The van der Waals surface area contributed by atoms with E-state index in [1.54, 1.807) is 20.8 Å². The lowest BCUT2D eigenvalue weighted by molar-refractivity contribution is 0.0604. The molecule has 0 saturated carbocycles. The highest BCUT2D eigenvalue weighted by atomic mass is 32.1. The fourth-order valence-electron chi connectivity index (χ4n) is 1.59. The minimum absolute atomic E-state index is 0.0915. The Morgan fingerprint density at radius 1 is 1.55 bits per heavy atom. The van der Waals surface area contributed by atoms with Crippen molar-refractivity contribution >= 4 is 23.4 Å². The zero-order valence-corrected chi connectivity index (χ0v) is 12.4. The van der Waals surface area contributed by atoms with Gasteiger partial charge in [0.05, 0.1) is 12.2 Å². The average Bonchev–Trinajstić information content (AvgIpc) is 2.99. The summed E-state index contributed by atoms with van der Waals surface area (Å²) in [4.78, 5) is 15.8. The number of aryl methyl sites for hydroxylation is 2. The quantitative estimate of drug-likeness (QED) is 0.808. The first-order chi connectivity index (χ1) is 9.38. The second-order valence-corrected chi connectivity index (χ2v) is 5.53. The molecule has 0 aliphatic rings. The van der Waals surface area contributed by atoms with E-state index < -0.39 is 11.6 Å². The first-order valence-corrected chi connectivity index (χ1v) is 7.07. The third-order valence-electron chi connectivity index (χ3n) is 2.99. The molecule has 2 heterocycles. The van der Waals surface area contributed by atoms with Gasteiger partial charge in [0.25, 0.3) is 0 Å². The van der Waals surface area contributed by atoms with Gasteiger partial charge < -0.3 is 14.8 Å². The highest BCUT2D eigenvalue weighted by Crippen LogP contribution is 2.22. The Balaban J connectivity index is 1.89. The number of amides is 2. The van der Waals surface area contributed by atoms with Gasteiger partial charge in [-0.15, -0.1) is 0 Å². The first kappa shape index (κ1) is 14.5. The molecule has 0 aliphatic carbocycles. The summed E-state index contributed by atoms with van der Waals surface area (Å²) in [6.07, 6.45) is 0. The molecule has 6 nitrogen and oxygen atoms in total. The van der Waals surface area contributed by atoms with E-state index in [0.717, 1.165) is 11.3 Å². The molecule has 0 aromatic carbocycles. The number of hydrogen-bond acceptors (Lipinski definition) is 5. The second-order valence-electron chi connectivity index (χ2n) is 4.75. The fourth-order valence-corrected chi connectivity index (χ4v) is 2.38. The molecule has 7 heteroatoms. The zero-order chi connectivity index (χ0) is 14.8. The van der Waals surface area contributed by atoms with Crippen LogP contribution in [0.2, 0.25) is 0 Å². The summed E-state index contributed by atoms with van der Waals surface area (Å²) >= 11 is 1.49. The number of nitrogens with one attached hydrogen (secondary N) is 2. The Kier molecular flexibility index (Phi) is 4.10. The molecule has 2 rings (SSSR count). The van der Waals surface area contributed by atoms with Crippen molar-refractivity contribution in [3.05, 3.63) is 33.8 Å². The number of urea groups is 1. The van der Waals surface area contributed by atoms with E-state index >= 15 is 0 Å². The van der Waals surface area contributed by atoms with Crippen LogP contribution in [-0.2, 0) is 5.60 Å². The number of thiophene rings is 1. The maximum Gasteiger partial charge on any atom is 0.322 e. The highest BCUT2D eigenvalue weighted by molar-refractivity contribution is 7.08. The van der Waals surface area contributed by atoms with Crippen molar-refractivity contribution in [2.75, 3.05) is 11.9 Å². The zero-order valence-electron chi connectivity index (χ0n) is 11.6. The monoisotopic (exact) mass is 295 g/mol.